The number of pyridine rings is 1. The first-order valence-electron chi connectivity index (χ1n) is 9.47. The van der Waals surface area contributed by atoms with E-state index in [1.54, 1.807) is 38.1 Å². The van der Waals surface area contributed by atoms with Crippen LogP contribution in [0.3, 0.4) is 0 Å². The standard InChI is InChI=1S/C17H18ClN3O4S.C2H6.CH4O/c1-11(2)17(22)20-15-7-6-14-16(19-15)21(8-9-25-14)26(23,24)13-5-3-4-12(18)10-13;2*1-2/h3-7,10-11H,8-9H2,1-2H3,(H,19,20,22);1-2H3;2H,1H3. The molecule has 0 radical (unpaired) electrons. The van der Waals surface area contributed by atoms with Gasteiger partial charge in [-0.15, -0.1) is 0 Å². The number of benzene rings is 1. The van der Waals surface area contributed by atoms with E-state index in [0.29, 0.717) is 10.8 Å². The van der Waals surface area contributed by atoms with Gasteiger partial charge in [-0.05, 0) is 30.3 Å². The van der Waals surface area contributed by atoms with Crippen LogP contribution in [0.5, 0.6) is 5.75 Å². The zero-order chi connectivity index (χ0) is 22.9. The summed E-state index contributed by atoms with van der Waals surface area (Å²) in [6.45, 7) is 7.82. The Bertz CT molecular complexity index is 951. The quantitative estimate of drug-likeness (QED) is 0.726. The summed E-state index contributed by atoms with van der Waals surface area (Å²) < 4.78 is 32.7. The van der Waals surface area contributed by atoms with Crippen molar-refractivity contribution in [2.24, 2.45) is 5.92 Å². The molecule has 1 aliphatic rings. The predicted octanol–water partition coefficient (Wildman–Crippen LogP) is 3.55. The number of hydrogen-bond acceptors (Lipinski definition) is 6. The summed E-state index contributed by atoms with van der Waals surface area (Å²) in [6.07, 6.45) is 0. The highest BCUT2D eigenvalue weighted by atomic mass is 35.5. The molecule has 10 heteroatoms. The maximum Gasteiger partial charge on any atom is 0.265 e. The van der Waals surface area contributed by atoms with Crippen molar-refractivity contribution in [1.82, 2.24) is 4.98 Å². The summed E-state index contributed by atoms with van der Waals surface area (Å²) >= 11 is 5.93. The molecule has 2 aromatic rings. The van der Waals surface area contributed by atoms with Crippen molar-refractivity contribution in [3.63, 3.8) is 0 Å². The lowest BCUT2D eigenvalue weighted by Gasteiger charge is -2.29. The van der Waals surface area contributed by atoms with Crippen LogP contribution in [0.1, 0.15) is 27.7 Å². The number of aliphatic hydroxyl groups is 1. The minimum absolute atomic E-state index is 0.0660. The van der Waals surface area contributed by atoms with E-state index in [1.807, 2.05) is 13.8 Å². The Kier molecular flexibility index (Phi) is 10.0. The van der Waals surface area contributed by atoms with E-state index in [-0.39, 0.29) is 41.5 Å². The highest BCUT2D eigenvalue weighted by Crippen LogP contribution is 2.35. The maximum atomic E-state index is 13.0. The van der Waals surface area contributed by atoms with E-state index >= 15 is 0 Å². The first-order valence-corrected chi connectivity index (χ1v) is 11.3. The molecule has 0 aliphatic carbocycles. The van der Waals surface area contributed by atoms with E-state index in [1.165, 1.54) is 16.4 Å². The largest absolute Gasteiger partial charge is 0.488 e. The van der Waals surface area contributed by atoms with Gasteiger partial charge >= 0.3 is 0 Å². The molecule has 2 N–H and O–H groups in total. The summed E-state index contributed by atoms with van der Waals surface area (Å²) in [5, 5.41) is 9.99. The van der Waals surface area contributed by atoms with Gasteiger partial charge < -0.3 is 15.2 Å². The number of aromatic nitrogens is 1. The van der Waals surface area contributed by atoms with Crippen LogP contribution < -0.4 is 14.4 Å². The molecule has 3 rings (SSSR count). The molecule has 1 amide bonds. The fourth-order valence-electron chi connectivity index (χ4n) is 2.40. The van der Waals surface area contributed by atoms with Crippen molar-refractivity contribution < 1.29 is 23.1 Å². The van der Waals surface area contributed by atoms with Crippen molar-refractivity contribution in [2.45, 2.75) is 32.6 Å². The number of anilines is 2. The number of rotatable bonds is 4. The lowest BCUT2D eigenvalue weighted by atomic mass is 10.2. The molecule has 1 aromatic heterocycles. The zero-order valence-electron chi connectivity index (χ0n) is 17.7. The minimum Gasteiger partial charge on any atom is -0.488 e. The molecular weight excluding hydrogens is 430 g/mol. The first-order chi connectivity index (χ1) is 14.3. The second kappa shape index (κ2) is 11.7. The van der Waals surface area contributed by atoms with E-state index in [2.05, 4.69) is 10.3 Å². The number of carbonyl (C=O) groups is 1. The van der Waals surface area contributed by atoms with Crippen LogP contribution in [-0.2, 0) is 14.8 Å². The fourth-order valence-corrected chi connectivity index (χ4v) is 4.11. The van der Waals surface area contributed by atoms with Gasteiger partial charge in [-0.3, -0.25) is 4.79 Å². The van der Waals surface area contributed by atoms with Crippen molar-refractivity contribution in [3.8, 4) is 5.75 Å². The van der Waals surface area contributed by atoms with Crippen LogP contribution in [0.15, 0.2) is 41.3 Å². The van der Waals surface area contributed by atoms with Gasteiger partial charge in [0.25, 0.3) is 10.0 Å². The fraction of sp³-hybridized carbons (Fsp3) is 0.400. The monoisotopic (exact) mass is 457 g/mol. The van der Waals surface area contributed by atoms with Gasteiger partial charge in [-0.25, -0.2) is 17.7 Å². The molecule has 0 atom stereocenters. The SMILES string of the molecule is CC.CC(C)C(=O)Nc1ccc2c(n1)N(S(=O)(=O)c1cccc(Cl)c1)CCO2.CO. The molecule has 0 saturated carbocycles. The highest BCUT2D eigenvalue weighted by molar-refractivity contribution is 7.92. The summed E-state index contributed by atoms with van der Waals surface area (Å²) in [7, 11) is -2.87. The van der Waals surface area contributed by atoms with E-state index < -0.39 is 10.0 Å². The highest BCUT2D eigenvalue weighted by Gasteiger charge is 2.32. The summed E-state index contributed by atoms with van der Waals surface area (Å²) in [6, 6.07) is 9.21. The van der Waals surface area contributed by atoms with Crippen molar-refractivity contribution >= 4 is 39.2 Å². The number of aliphatic hydroxyl groups excluding tert-OH is 1. The third kappa shape index (κ3) is 6.07. The smallest absolute Gasteiger partial charge is 0.265 e. The van der Waals surface area contributed by atoms with Crippen molar-refractivity contribution in [1.29, 1.82) is 0 Å². The molecule has 1 aliphatic heterocycles. The maximum absolute atomic E-state index is 13.0. The number of ether oxygens (including phenoxy) is 1. The van der Waals surface area contributed by atoms with Gasteiger partial charge in [0.2, 0.25) is 5.91 Å². The van der Waals surface area contributed by atoms with Gasteiger partial charge in [0.15, 0.2) is 11.6 Å². The van der Waals surface area contributed by atoms with E-state index in [4.69, 9.17) is 21.4 Å². The van der Waals surface area contributed by atoms with Crippen LogP contribution in [0.2, 0.25) is 5.02 Å². The topological polar surface area (TPSA) is 109 Å². The molecule has 1 aromatic carbocycles. The third-order valence-electron chi connectivity index (χ3n) is 3.79. The molecule has 2 heterocycles. The van der Waals surface area contributed by atoms with Gasteiger partial charge in [0.05, 0.1) is 11.4 Å². The number of amides is 1. The average molecular weight is 458 g/mol. The van der Waals surface area contributed by atoms with Crippen LogP contribution in [0.25, 0.3) is 0 Å². The molecule has 0 saturated heterocycles. The lowest BCUT2D eigenvalue weighted by molar-refractivity contribution is -0.118. The number of nitrogens with zero attached hydrogens (tertiary/aromatic N) is 2. The van der Waals surface area contributed by atoms with Crippen LogP contribution in [0.4, 0.5) is 11.6 Å². The van der Waals surface area contributed by atoms with E-state index in [9.17, 15) is 13.2 Å². The molecule has 0 unspecified atom stereocenters. The number of sulfonamides is 1. The predicted molar refractivity (Wildman–Crippen MR) is 119 cm³/mol. The van der Waals surface area contributed by atoms with Gasteiger partial charge in [-0.1, -0.05) is 45.4 Å². The van der Waals surface area contributed by atoms with Crippen LogP contribution in [0, 0.1) is 5.92 Å². The van der Waals surface area contributed by atoms with E-state index in [0.717, 1.165) is 7.11 Å². The number of halogens is 1. The molecule has 8 nitrogen and oxygen atoms in total. The molecule has 30 heavy (non-hydrogen) atoms. The summed E-state index contributed by atoms with van der Waals surface area (Å²) in [5.74, 6) is 0.301. The Balaban J connectivity index is 0.00000106. The number of hydrogen-bond donors (Lipinski definition) is 2. The Morgan fingerprint density at radius 3 is 2.50 bits per heavy atom. The second-order valence-corrected chi connectivity index (χ2v) is 8.34. The van der Waals surface area contributed by atoms with Gasteiger partial charge in [0.1, 0.15) is 12.4 Å². The Labute approximate surface area is 182 Å². The number of carbonyl (C=O) groups excluding carboxylic acids is 1. The minimum atomic E-state index is -3.87. The average Bonchev–Trinajstić information content (AvgIpc) is 2.76. The number of nitrogens with one attached hydrogen (secondary N) is 1. The molecular formula is C20H28ClN3O5S. The van der Waals surface area contributed by atoms with Gasteiger partial charge in [0, 0.05) is 18.1 Å². The van der Waals surface area contributed by atoms with Gasteiger partial charge in [-0.2, -0.15) is 0 Å². The molecule has 0 bridgehead atoms. The van der Waals surface area contributed by atoms with Crippen LogP contribution >= 0.6 is 11.6 Å². The molecule has 166 valence electrons. The normalized spacial score (nSPS) is 12.5. The number of fused-ring (bicyclic) bond motifs is 1. The second-order valence-electron chi connectivity index (χ2n) is 6.05. The Hall–Kier alpha value is -2.36. The Morgan fingerprint density at radius 2 is 1.90 bits per heavy atom. The first kappa shape index (κ1) is 25.7. The molecule has 0 fully saturated rings. The Morgan fingerprint density at radius 1 is 1.23 bits per heavy atom. The molecule has 0 spiro atoms. The third-order valence-corrected chi connectivity index (χ3v) is 5.81. The van der Waals surface area contributed by atoms with Crippen molar-refractivity contribution in [2.75, 3.05) is 29.9 Å². The van der Waals surface area contributed by atoms with Crippen LogP contribution in [-0.4, -0.2) is 44.7 Å². The zero-order valence-corrected chi connectivity index (χ0v) is 19.3. The lowest BCUT2D eigenvalue weighted by Crippen LogP contribution is -2.38. The summed E-state index contributed by atoms with van der Waals surface area (Å²) in [5.41, 5.74) is 0. The van der Waals surface area contributed by atoms with Crippen molar-refractivity contribution in [3.05, 3.63) is 41.4 Å². The summed E-state index contributed by atoms with van der Waals surface area (Å²) in [4.78, 5) is 16.2.